The molecule has 1 unspecified atom stereocenters. The lowest BCUT2D eigenvalue weighted by atomic mass is 10.1. The van der Waals surface area contributed by atoms with E-state index in [2.05, 4.69) is 87.7 Å². The van der Waals surface area contributed by atoms with Crippen molar-refractivity contribution in [2.24, 2.45) is 0 Å². The predicted octanol–water partition coefficient (Wildman–Crippen LogP) is 7.01. The van der Waals surface area contributed by atoms with E-state index in [9.17, 15) is 0 Å². The average molecular weight is 405 g/mol. The molecule has 2 aromatic carbocycles. The maximum Gasteiger partial charge on any atom is 0.242 e. The second kappa shape index (κ2) is 7.20. The summed E-state index contributed by atoms with van der Waals surface area (Å²) in [7, 11) is -3.50. The number of allylic oxidation sites excluding steroid dienone is 2. The van der Waals surface area contributed by atoms with Crippen LogP contribution in [0.5, 0.6) is 0 Å². The third-order valence-corrected chi connectivity index (χ3v) is 12.0. The van der Waals surface area contributed by atoms with E-state index < -0.39 is 16.4 Å². The van der Waals surface area contributed by atoms with E-state index in [-0.39, 0.29) is 0 Å². The highest BCUT2D eigenvalue weighted by atomic mass is 28.4. The van der Waals surface area contributed by atoms with Crippen LogP contribution >= 0.6 is 0 Å². The zero-order valence-electron chi connectivity index (χ0n) is 17.9. The molecular formula is C25H32OSi2. The van der Waals surface area contributed by atoms with Crippen molar-refractivity contribution in [3.8, 4) is 0 Å². The largest absolute Gasteiger partial charge is 0.544 e. The normalized spacial score (nSPS) is 17.8. The second-order valence-electron chi connectivity index (χ2n) is 9.48. The van der Waals surface area contributed by atoms with Gasteiger partial charge in [0.05, 0.1) is 0 Å². The van der Waals surface area contributed by atoms with Crippen LogP contribution in [0, 0.1) is 0 Å². The van der Waals surface area contributed by atoms with Gasteiger partial charge in [-0.2, -0.15) is 0 Å². The van der Waals surface area contributed by atoms with Gasteiger partial charge in [0.2, 0.25) is 8.32 Å². The highest BCUT2D eigenvalue weighted by Crippen LogP contribution is 2.46. The molecule has 0 N–H and O–H groups in total. The Kier molecular flexibility index (Phi) is 5.00. The van der Waals surface area contributed by atoms with Gasteiger partial charge in [0.15, 0.2) is 0 Å². The predicted molar refractivity (Wildman–Crippen MR) is 126 cm³/mol. The topological polar surface area (TPSA) is 9.23 Å². The van der Waals surface area contributed by atoms with Gasteiger partial charge in [0.1, 0.15) is 13.8 Å². The van der Waals surface area contributed by atoms with E-state index >= 15 is 0 Å². The number of hydrogen-bond acceptors (Lipinski definition) is 1. The molecule has 2 aliphatic carbocycles. The molecule has 0 bridgehead atoms. The number of benzene rings is 2. The van der Waals surface area contributed by atoms with E-state index in [1.54, 1.807) is 10.4 Å². The third-order valence-electron chi connectivity index (χ3n) is 6.20. The Morgan fingerprint density at radius 1 is 0.857 bits per heavy atom. The molecule has 146 valence electrons. The fourth-order valence-corrected chi connectivity index (χ4v) is 10.1. The van der Waals surface area contributed by atoms with Gasteiger partial charge in [0, 0.05) is 5.56 Å². The van der Waals surface area contributed by atoms with Crippen LogP contribution < -0.4 is 0 Å². The van der Waals surface area contributed by atoms with Gasteiger partial charge in [-0.3, -0.25) is 0 Å². The fraction of sp³-hybridized carbons (Fsp3) is 0.360. The Morgan fingerprint density at radius 3 is 2.21 bits per heavy atom. The van der Waals surface area contributed by atoms with Gasteiger partial charge in [-0.05, 0) is 54.4 Å². The van der Waals surface area contributed by atoms with Gasteiger partial charge in [-0.15, -0.1) is 0 Å². The molecule has 0 saturated carbocycles. The second-order valence-corrected chi connectivity index (χ2v) is 18.3. The van der Waals surface area contributed by atoms with E-state index in [1.165, 1.54) is 40.5 Å². The Bertz CT molecular complexity index is 965. The molecule has 1 atom stereocenters. The Balaban J connectivity index is 1.83. The summed E-state index contributed by atoms with van der Waals surface area (Å²) in [4.78, 5) is 0. The average Bonchev–Trinajstić information content (AvgIpc) is 3.23. The fourth-order valence-electron chi connectivity index (χ4n) is 4.84. The summed E-state index contributed by atoms with van der Waals surface area (Å²) in [6, 6.07) is 19.1. The quantitative estimate of drug-likeness (QED) is 0.470. The molecule has 2 aromatic rings. The van der Waals surface area contributed by atoms with Gasteiger partial charge in [-0.25, -0.2) is 0 Å². The summed E-state index contributed by atoms with van der Waals surface area (Å²) in [5.74, 6) is 1.24. The molecule has 28 heavy (non-hydrogen) atoms. The minimum Gasteiger partial charge on any atom is -0.544 e. The monoisotopic (exact) mass is 404 g/mol. The minimum absolute atomic E-state index is 1.08. The van der Waals surface area contributed by atoms with Gasteiger partial charge >= 0.3 is 0 Å². The van der Waals surface area contributed by atoms with Crippen LogP contribution in [0.4, 0.5) is 0 Å². The lowest BCUT2D eigenvalue weighted by Crippen LogP contribution is -2.38. The molecule has 0 spiro atoms. The molecule has 2 aliphatic rings. The maximum atomic E-state index is 6.79. The van der Waals surface area contributed by atoms with E-state index in [1.807, 2.05) is 0 Å². The van der Waals surface area contributed by atoms with Crippen LogP contribution in [0.1, 0.15) is 35.6 Å². The van der Waals surface area contributed by atoms with Crippen LogP contribution in [0.2, 0.25) is 32.2 Å². The van der Waals surface area contributed by atoms with Gasteiger partial charge in [-0.1, -0.05) is 85.7 Å². The molecule has 0 saturated heterocycles. The van der Waals surface area contributed by atoms with Crippen LogP contribution in [0.25, 0.3) is 11.8 Å². The molecule has 0 aliphatic heterocycles. The Morgan fingerprint density at radius 2 is 1.54 bits per heavy atom. The molecule has 0 heterocycles. The molecule has 4 rings (SSSR count). The zero-order chi connectivity index (χ0) is 19.9. The molecule has 0 aromatic heterocycles. The lowest BCUT2D eigenvalue weighted by Gasteiger charge is -2.33. The van der Waals surface area contributed by atoms with E-state index in [0.29, 0.717) is 0 Å². The minimum atomic E-state index is -1.80. The molecule has 0 amide bonds. The van der Waals surface area contributed by atoms with Crippen molar-refractivity contribution < 1.29 is 4.43 Å². The van der Waals surface area contributed by atoms with Crippen LogP contribution in [-0.4, -0.2) is 16.4 Å². The zero-order valence-corrected chi connectivity index (χ0v) is 19.9. The van der Waals surface area contributed by atoms with Crippen molar-refractivity contribution in [1.82, 2.24) is 0 Å². The Hall–Kier alpha value is -1.85. The summed E-state index contributed by atoms with van der Waals surface area (Å²) in [6.45, 7) is 11.9. The van der Waals surface area contributed by atoms with E-state index in [4.69, 9.17) is 4.43 Å². The maximum absolute atomic E-state index is 6.79. The molecular weight excluding hydrogens is 372 g/mol. The lowest BCUT2D eigenvalue weighted by molar-refractivity contribution is 0.514. The van der Waals surface area contributed by atoms with Crippen molar-refractivity contribution in [1.29, 1.82) is 0 Å². The van der Waals surface area contributed by atoms with E-state index in [0.717, 1.165) is 12.8 Å². The van der Waals surface area contributed by atoms with Crippen molar-refractivity contribution in [2.45, 2.75) is 58.4 Å². The SMILES string of the molecule is CCC[Si](C)(C1=Cc2ccccc2C1)C1=C(O[Si](C)(C)C)c2ccccc2C1. The summed E-state index contributed by atoms with van der Waals surface area (Å²) in [5.41, 5.74) is 5.73. The van der Waals surface area contributed by atoms with Gasteiger partial charge in [0.25, 0.3) is 0 Å². The summed E-state index contributed by atoms with van der Waals surface area (Å²) in [5, 5.41) is 3.33. The first kappa shape index (κ1) is 19.5. The first-order chi connectivity index (χ1) is 13.3. The summed E-state index contributed by atoms with van der Waals surface area (Å²) in [6.07, 6.45) is 5.95. The summed E-state index contributed by atoms with van der Waals surface area (Å²) < 4.78 is 6.79. The number of hydrogen-bond donors (Lipinski definition) is 0. The number of fused-ring (bicyclic) bond motifs is 2. The van der Waals surface area contributed by atoms with Crippen molar-refractivity contribution >= 4 is 28.2 Å². The molecule has 3 heteroatoms. The third kappa shape index (κ3) is 3.46. The molecule has 1 nitrogen and oxygen atoms in total. The summed E-state index contributed by atoms with van der Waals surface area (Å²) >= 11 is 0. The molecule has 0 radical (unpaired) electrons. The number of rotatable bonds is 6. The van der Waals surface area contributed by atoms with Crippen LogP contribution in [-0.2, 0) is 17.3 Å². The van der Waals surface area contributed by atoms with Crippen molar-refractivity contribution in [2.75, 3.05) is 0 Å². The first-order valence-electron chi connectivity index (χ1n) is 10.6. The smallest absolute Gasteiger partial charge is 0.242 e. The van der Waals surface area contributed by atoms with Crippen LogP contribution in [0.15, 0.2) is 58.9 Å². The highest BCUT2D eigenvalue weighted by molar-refractivity contribution is 6.93. The standard InChI is InChI=1S/C25H32OSi2/c1-6-15-28(5,22-16-19-11-7-8-12-20(19)17-22)24-18-21-13-9-10-14-23(21)25(24)26-27(2,3)4/h7-14,16H,6,15,17-18H2,1-5H3. The molecule has 0 fully saturated rings. The highest BCUT2D eigenvalue weighted by Gasteiger charge is 2.42. The van der Waals surface area contributed by atoms with Crippen molar-refractivity contribution in [3.05, 3.63) is 81.2 Å². The van der Waals surface area contributed by atoms with Crippen LogP contribution in [0.3, 0.4) is 0 Å². The van der Waals surface area contributed by atoms with Crippen molar-refractivity contribution in [3.63, 3.8) is 0 Å². The van der Waals surface area contributed by atoms with Gasteiger partial charge < -0.3 is 4.43 Å². The Labute approximate surface area is 172 Å². The first-order valence-corrected chi connectivity index (χ1v) is 16.7.